The number of anilines is 1. The van der Waals surface area contributed by atoms with Crippen LogP contribution in [0.4, 0.5) is 5.82 Å². The number of hydrogen-bond donors (Lipinski definition) is 2. The number of fused-ring (bicyclic) bond motifs is 1. The van der Waals surface area contributed by atoms with Gasteiger partial charge in [0.05, 0.1) is 5.39 Å². The average molecular weight is 217 g/mol. The van der Waals surface area contributed by atoms with Crippen LogP contribution in [0.15, 0.2) is 18.6 Å². The van der Waals surface area contributed by atoms with Gasteiger partial charge >= 0.3 is 0 Å². The largest absolute Gasteiger partial charge is 0.356 e. The summed E-state index contributed by atoms with van der Waals surface area (Å²) in [6.07, 6.45) is 5.59. The zero-order valence-electron chi connectivity index (χ0n) is 9.22. The van der Waals surface area contributed by atoms with Crippen molar-refractivity contribution in [3.63, 3.8) is 0 Å². The standard InChI is InChI=1S/C11H15N5/c1-16(8-4-7(12)5-8)11-9-2-3-13-10(9)14-6-15-11/h2-3,6-8H,4-5,12H2,1H3,(H,13,14,15). The molecule has 3 N–H and O–H groups in total. The number of H-pyrrole nitrogens is 1. The van der Waals surface area contributed by atoms with Crippen molar-refractivity contribution in [2.24, 2.45) is 5.73 Å². The number of nitrogens with zero attached hydrogens (tertiary/aromatic N) is 3. The maximum atomic E-state index is 5.81. The van der Waals surface area contributed by atoms with E-state index in [-0.39, 0.29) is 0 Å². The number of nitrogens with two attached hydrogens (primary N) is 1. The Morgan fingerprint density at radius 1 is 1.44 bits per heavy atom. The van der Waals surface area contributed by atoms with Crippen molar-refractivity contribution in [2.45, 2.75) is 24.9 Å². The monoisotopic (exact) mass is 217 g/mol. The highest BCUT2D eigenvalue weighted by atomic mass is 15.2. The summed E-state index contributed by atoms with van der Waals surface area (Å²) in [7, 11) is 2.07. The van der Waals surface area contributed by atoms with Gasteiger partial charge in [-0.3, -0.25) is 0 Å². The smallest absolute Gasteiger partial charge is 0.142 e. The van der Waals surface area contributed by atoms with Crippen molar-refractivity contribution in [2.75, 3.05) is 11.9 Å². The Kier molecular flexibility index (Phi) is 2.07. The van der Waals surface area contributed by atoms with Gasteiger partial charge in [-0.1, -0.05) is 0 Å². The van der Waals surface area contributed by atoms with E-state index in [1.807, 2.05) is 12.3 Å². The van der Waals surface area contributed by atoms with Crippen LogP contribution in [0.2, 0.25) is 0 Å². The zero-order valence-corrected chi connectivity index (χ0v) is 9.22. The van der Waals surface area contributed by atoms with Crippen LogP contribution in [0.1, 0.15) is 12.8 Å². The molecule has 2 aromatic heterocycles. The Bertz CT molecular complexity index is 500. The van der Waals surface area contributed by atoms with Crippen LogP contribution < -0.4 is 10.6 Å². The van der Waals surface area contributed by atoms with Crippen molar-refractivity contribution in [1.82, 2.24) is 15.0 Å². The lowest BCUT2D eigenvalue weighted by Gasteiger charge is -2.40. The van der Waals surface area contributed by atoms with E-state index in [2.05, 4.69) is 26.9 Å². The first kappa shape index (κ1) is 9.59. The summed E-state index contributed by atoms with van der Waals surface area (Å²) >= 11 is 0. The SMILES string of the molecule is CN(c1ncnc2[nH]ccc12)C1CC(N)C1. The second-order valence-corrected chi connectivity index (χ2v) is 4.43. The van der Waals surface area contributed by atoms with Gasteiger partial charge in [-0.25, -0.2) is 9.97 Å². The van der Waals surface area contributed by atoms with E-state index in [1.54, 1.807) is 6.33 Å². The Hall–Kier alpha value is -1.62. The Morgan fingerprint density at radius 2 is 2.25 bits per heavy atom. The molecule has 0 bridgehead atoms. The molecule has 0 saturated heterocycles. The van der Waals surface area contributed by atoms with Crippen LogP contribution in [0.3, 0.4) is 0 Å². The van der Waals surface area contributed by atoms with Gasteiger partial charge in [-0.15, -0.1) is 0 Å². The van der Waals surface area contributed by atoms with Crippen molar-refractivity contribution < 1.29 is 0 Å². The molecule has 1 fully saturated rings. The highest BCUT2D eigenvalue weighted by molar-refractivity contribution is 5.87. The van der Waals surface area contributed by atoms with Crippen molar-refractivity contribution in [3.8, 4) is 0 Å². The van der Waals surface area contributed by atoms with E-state index >= 15 is 0 Å². The van der Waals surface area contributed by atoms with Crippen LogP contribution in [0.25, 0.3) is 11.0 Å². The summed E-state index contributed by atoms with van der Waals surface area (Å²) in [5, 5.41) is 1.07. The molecule has 0 radical (unpaired) electrons. The lowest BCUT2D eigenvalue weighted by molar-refractivity contribution is 0.339. The van der Waals surface area contributed by atoms with E-state index < -0.39 is 0 Å². The fraction of sp³-hybridized carbons (Fsp3) is 0.455. The predicted octanol–water partition coefficient (Wildman–Crippen LogP) is 0.884. The minimum absolute atomic E-state index is 0.357. The minimum atomic E-state index is 0.357. The lowest BCUT2D eigenvalue weighted by Crippen LogP contribution is -2.49. The summed E-state index contributed by atoms with van der Waals surface area (Å²) in [5.74, 6) is 0.989. The quantitative estimate of drug-likeness (QED) is 0.783. The third-order valence-electron chi connectivity index (χ3n) is 3.36. The van der Waals surface area contributed by atoms with Gasteiger partial charge in [0, 0.05) is 25.3 Å². The van der Waals surface area contributed by atoms with Crippen LogP contribution in [0, 0.1) is 0 Å². The Balaban J connectivity index is 1.95. The van der Waals surface area contributed by atoms with E-state index in [0.717, 1.165) is 29.7 Å². The normalized spacial score (nSPS) is 24.4. The van der Waals surface area contributed by atoms with E-state index in [9.17, 15) is 0 Å². The average Bonchev–Trinajstić information content (AvgIpc) is 2.71. The van der Waals surface area contributed by atoms with Crippen molar-refractivity contribution in [1.29, 1.82) is 0 Å². The van der Waals surface area contributed by atoms with Gasteiger partial charge in [-0.05, 0) is 18.9 Å². The fourth-order valence-corrected chi connectivity index (χ4v) is 2.26. The van der Waals surface area contributed by atoms with Crippen LogP contribution in [0.5, 0.6) is 0 Å². The van der Waals surface area contributed by atoms with E-state index in [1.165, 1.54) is 0 Å². The molecule has 2 aromatic rings. The minimum Gasteiger partial charge on any atom is -0.356 e. The molecular formula is C11H15N5. The third-order valence-corrected chi connectivity index (χ3v) is 3.36. The first-order valence-corrected chi connectivity index (χ1v) is 5.52. The summed E-state index contributed by atoms with van der Waals surface area (Å²) in [6, 6.07) is 2.89. The highest BCUT2D eigenvalue weighted by Gasteiger charge is 2.30. The molecule has 5 nitrogen and oxygen atoms in total. The molecule has 1 aliphatic rings. The van der Waals surface area contributed by atoms with Gasteiger partial charge < -0.3 is 15.6 Å². The molecule has 5 heteroatoms. The van der Waals surface area contributed by atoms with Crippen molar-refractivity contribution in [3.05, 3.63) is 18.6 Å². The Labute approximate surface area is 93.7 Å². The Morgan fingerprint density at radius 3 is 3.00 bits per heavy atom. The fourth-order valence-electron chi connectivity index (χ4n) is 2.26. The predicted molar refractivity (Wildman–Crippen MR) is 63.3 cm³/mol. The second kappa shape index (κ2) is 3.45. The topological polar surface area (TPSA) is 70.8 Å². The zero-order chi connectivity index (χ0) is 11.1. The van der Waals surface area contributed by atoms with Gasteiger partial charge in [0.2, 0.25) is 0 Å². The second-order valence-electron chi connectivity index (χ2n) is 4.43. The first-order valence-electron chi connectivity index (χ1n) is 5.52. The third kappa shape index (κ3) is 1.36. The number of nitrogens with one attached hydrogen (secondary N) is 1. The molecule has 3 rings (SSSR count). The molecule has 0 atom stereocenters. The molecule has 1 aliphatic carbocycles. The van der Waals surface area contributed by atoms with E-state index in [0.29, 0.717) is 12.1 Å². The molecular weight excluding hydrogens is 202 g/mol. The molecule has 2 heterocycles. The highest BCUT2D eigenvalue weighted by Crippen LogP contribution is 2.29. The van der Waals surface area contributed by atoms with Crippen LogP contribution in [-0.2, 0) is 0 Å². The maximum Gasteiger partial charge on any atom is 0.142 e. The number of aromatic nitrogens is 3. The summed E-state index contributed by atoms with van der Waals surface area (Å²) in [5.41, 5.74) is 6.70. The van der Waals surface area contributed by atoms with Gasteiger partial charge in [0.1, 0.15) is 17.8 Å². The number of aromatic amines is 1. The molecule has 0 amide bonds. The van der Waals surface area contributed by atoms with Crippen LogP contribution in [-0.4, -0.2) is 34.1 Å². The first-order chi connectivity index (χ1) is 7.75. The van der Waals surface area contributed by atoms with Crippen molar-refractivity contribution >= 4 is 16.9 Å². The molecule has 0 aromatic carbocycles. The molecule has 0 spiro atoms. The van der Waals surface area contributed by atoms with E-state index in [4.69, 9.17) is 5.73 Å². The summed E-state index contributed by atoms with van der Waals surface area (Å²) in [4.78, 5) is 13.9. The maximum absolute atomic E-state index is 5.81. The molecule has 84 valence electrons. The molecule has 0 unspecified atom stereocenters. The molecule has 16 heavy (non-hydrogen) atoms. The lowest BCUT2D eigenvalue weighted by atomic mass is 9.86. The number of hydrogen-bond acceptors (Lipinski definition) is 4. The number of rotatable bonds is 2. The molecule has 1 saturated carbocycles. The van der Waals surface area contributed by atoms with Gasteiger partial charge in [0.15, 0.2) is 0 Å². The van der Waals surface area contributed by atoms with Gasteiger partial charge in [-0.2, -0.15) is 0 Å². The summed E-state index contributed by atoms with van der Waals surface area (Å²) in [6.45, 7) is 0. The van der Waals surface area contributed by atoms with Gasteiger partial charge in [0.25, 0.3) is 0 Å². The molecule has 0 aliphatic heterocycles. The summed E-state index contributed by atoms with van der Waals surface area (Å²) < 4.78 is 0. The van der Waals surface area contributed by atoms with Crippen LogP contribution >= 0.6 is 0 Å².